The minimum Gasteiger partial charge on any atom is -0.466 e. The number of ether oxygens (including phenoxy) is 1. The van der Waals surface area contributed by atoms with Crippen LogP contribution in [-0.4, -0.2) is 23.5 Å². The van der Waals surface area contributed by atoms with E-state index in [1.165, 1.54) is 22.7 Å². The Bertz CT molecular complexity index is 624. The van der Waals surface area contributed by atoms with Gasteiger partial charge < -0.3 is 4.74 Å². The number of hydrogen-bond acceptors (Lipinski definition) is 6. The van der Waals surface area contributed by atoms with Crippen molar-refractivity contribution in [2.45, 2.75) is 13.3 Å². The number of thiazole rings is 1. The number of thiophene rings is 1. The van der Waals surface area contributed by atoms with Gasteiger partial charge in [-0.15, -0.1) is 22.7 Å². The van der Waals surface area contributed by atoms with Gasteiger partial charge in [0, 0.05) is 5.38 Å². The minimum absolute atomic E-state index is 0.116. The number of halogens is 1. The maximum Gasteiger partial charge on any atom is 0.311 e. The van der Waals surface area contributed by atoms with Gasteiger partial charge in [-0.05, 0) is 35.0 Å². The van der Waals surface area contributed by atoms with Gasteiger partial charge in [-0.25, -0.2) is 4.98 Å². The Morgan fingerprint density at radius 3 is 2.90 bits per heavy atom. The van der Waals surface area contributed by atoms with Crippen LogP contribution in [-0.2, 0) is 16.0 Å². The molecule has 0 bridgehead atoms. The Morgan fingerprint density at radius 2 is 2.25 bits per heavy atom. The predicted molar refractivity (Wildman–Crippen MR) is 82.4 cm³/mol. The summed E-state index contributed by atoms with van der Waals surface area (Å²) in [5.74, 6) is -0.532. The smallest absolute Gasteiger partial charge is 0.311 e. The van der Waals surface area contributed by atoms with Crippen molar-refractivity contribution in [1.82, 2.24) is 4.98 Å². The summed E-state index contributed by atoms with van der Waals surface area (Å²) in [6.45, 7) is 2.10. The van der Waals surface area contributed by atoms with E-state index in [0.29, 0.717) is 22.3 Å². The molecule has 0 fully saturated rings. The first-order valence-corrected chi connectivity index (χ1v) is 8.24. The van der Waals surface area contributed by atoms with Gasteiger partial charge in [-0.1, -0.05) is 0 Å². The first kappa shape index (κ1) is 15.1. The molecule has 2 aromatic heterocycles. The van der Waals surface area contributed by atoms with E-state index in [1.54, 1.807) is 18.4 Å². The highest BCUT2D eigenvalue weighted by Crippen LogP contribution is 2.24. The molecular weight excluding hydrogens is 364 g/mol. The Morgan fingerprint density at radius 1 is 1.45 bits per heavy atom. The molecule has 1 amide bonds. The van der Waals surface area contributed by atoms with Crippen LogP contribution in [0, 0.1) is 0 Å². The van der Waals surface area contributed by atoms with Gasteiger partial charge >= 0.3 is 5.97 Å². The first-order chi connectivity index (χ1) is 9.58. The van der Waals surface area contributed by atoms with Gasteiger partial charge in [0.05, 0.1) is 27.4 Å². The van der Waals surface area contributed by atoms with Crippen molar-refractivity contribution in [3.63, 3.8) is 0 Å². The molecule has 2 aromatic rings. The second kappa shape index (κ2) is 6.96. The summed E-state index contributed by atoms with van der Waals surface area (Å²) >= 11 is 5.93. The van der Waals surface area contributed by atoms with E-state index >= 15 is 0 Å². The summed E-state index contributed by atoms with van der Waals surface area (Å²) in [7, 11) is 0. The van der Waals surface area contributed by atoms with E-state index in [-0.39, 0.29) is 18.3 Å². The number of anilines is 1. The van der Waals surface area contributed by atoms with Crippen LogP contribution in [0.4, 0.5) is 5.13 Å². The summed E-state index contributed by atoms with van der Waals surface area (Å²) < 4.78 is 5.74. The predicted octanol–water partition coefficient (Wildman–Crippen LogP) is 3.33. The zero-order valence-corrected chi connectivity index (χ0v) is 13.7. The SMILES string of the molecule is CCOC(=O)Cc1csc(NC(=O)c2ccc(Br)s2)n1. The average Bonchev–Trinajstić information content (AvgIpc) is 2.99. The molecule has 0 aliphatic heterocycles. The second-order valence-corrected chi connectivity index (χ2v) is 7.00. The number of carbonyl (C=O) groups excluding carboxylic acids is 2. The quantitative estimate of drug-likeness (QED) is 0.814. The summed E-state index contributed by atoms with van der Waals surface area (Å²) in [4.78, 5) is 28.0. The molecule has 0 saturated heterocycles. The van der Waals surface area contributed by atoms with E-state index in [0.717, 1.165) is 3.79 Å². The lowest BCUT2D eigenvalue weighted by Gasteiger charge is -1.99. The highest BCUT2D eigenvalue weighted by atomic mass is 79.9. The van der Waals surface area contributed by atoms with Crippen LogP contribution in [0.25, 0.3) is 0 Å². The second-order valence-electron chi connectivity index (χ2n) is 3.68. The molecule has 0 aliphatic carbocycles. The van der Waals surface area contributed by atoms with Crippen LogP contribution in [0.3, 0.4) is 0 Å². The monoisotopic (exact) mass is 374 g/mol. The fourth-order valence-electron chi connectivity index (χ4n) is 1.40. The normalized spacial score (nSPS) is 10.3. The zero-order chi connectivity index (χ0) is 14.5. The lowest BCUT2D eigenvalue weighted by Crippen LogP contribution is -2.11. The fraction of sp³-hybridized carbons (Fsp3) is 0.250. The van der Waals surface area contributed by atoms with Crippen LogP contribution in [0.5, 0.6) is 0 Å². The summed E-state index contributed by atoms with van der Waals surface area (Å²) in [6, 6.07) is 3.55. The molecule has 2 heterocycles. The molecule has 2 rings (SSSR count). The zero-order valence-electron chi connectivity index (χ0n) is 10.5. The molecule has 0 saturated carbocycles. The Balaban J connectivity index is 1.95. The third-order valence-corrected chi connectivity index (χ3v) is 4.63. The lowest BCUT2D eigenvalue weighted by molar-refractivity contribution is -0.142. The van der Waals surface area contributed by atoms with Crippen LogP contribution in [0.2, 0.25) is 0 Å². The molecule has 20 heavy (non-hydrogen) atoms. The maximum absolute atomic E-state index is 11.9. The van der Waals surface area contributed by atoms with Crippen LogP contribution < -0.4 is 5.32 Å². The van der Waals surface area contributed by atoms with E-state index in [2.05, 4.69) is 26.2 Å². The molecular formula is C12H11BrN2O3S2. The number of rotatable bonds is 5. The summed E-state index contributed by atoms with van der Waals surface area (Å²) in [6.07, 6.45) is 0.116. The van der Waals surface area contributed by atoms with Gasteiger partial charge in [-0.2, -0.15) is 0 Å². The van der Waals surface area contributed by atoms with E-state index in [1.807, 2.05) is 6.07 Å². The summed E-state index contributed by atoms with van der Waals surface area (Å²) in [5, 5.41) is 4.91. The molecule has 0 aliphatic rings. The minimum atomic E-state index is -0.321. The molecule has 8 heteroatoms. The van der Waals surface area contributed by atoms with E-state index in [9.17, 15) is 9.59 Å². The maximum atomic E-state index is 11.9. The van der Waals surface area contributed by atoms with Gasteiger partial charge in [-0.3, -0.25) is 14.9 Å². The number of esters is 1. The molecule has 0 radical (unpaired) electrons. The molecule has 106 valence electrons. The standard InChI is InChI=1S/C12H11BrN2O3S2/c1-2-18-10(16)5-7-6-19-12(14-7)15-11(17)8-3-4-9(13)20-8/h3-4,6H,2,5H2,1H3,(H,14,15,17). The van der Waals surface area contributed by atoms with Crippen LogP contribution in [0.15, 0.2) is 21.3 Å². The Hall–Kier alpha value is -1.25. The van der Waals surface area contributed by atoms with Crippen LogP contribution >= 0.6 is 38.6 Å². The molecule has 1 N–H and O–H groups in total. The van der Waals surface area contributed by atoms with Crippen LogP contribution in [0.1, 0.15) is 22.3 Å². The highest BCUT2D eigenvalue weighted by molar-refractivity contribution is 9.11. The van der Waals surface area contributed by atoms with Gasteiger partial charge in [0.15, 0.2) is 5.13 Å². The van der Waals surface area contributed by atoms with Crippen molar-refractivity contribution in [3.8, 4) is 0 Å². The molecule has 0 spiro atoms. The number of amides is 1. The van der Waals surface area contributed by atoms with Crippen molar-refractivity contribution >= 4 is 55.6 Å². The molecule has 5 nitrogen and oxygen atoms in total. The highest BCUT2D eigenvalue weighted by Gasteiger charge is 2.12. The number of hydrogen-bond donors (Lipinski definition) is 1. The van der Waals surface area contributed by atoms with Crippen molar-refractivity contribution in [1.29, 1.82) is 0 Å². The molecule has 0 aromatic carbocycles. The lowest BCUT2D eigenvalue weighted by atomic mass is 10.3. The van der Waals surface area contributed by atoms with E-state index < -0.39 is 0 Å². The Kier molecular flexibility index (Phi) is 5.27. The fourth-order valence-corrected chi connectivity index (χ4v) is 3.39. The first-order valence-electron chi connectivity index (χ1n) is 5.75. The molecule has 0 unspecified atom stereocenters. The van der Waals surface area contributed by atoms with Gasteiger partial charge in [0.2, 0.25) is 0 Å². The van der Waals surface area contributed by atoms with Crippen molar-refractivity contribution < 1.29 is 14.3 Å². The molecule has 0 atom stereocenters. The number of nitrogens with one attached hydrogen (secondary N) is 1. The van der Waals surface area contributed by atoms with E-state index in [4.69, 9.17) is 4.74 Å². The number of nitrogens with zero attached hydrogens (tertiary/aromatic N) is 1. The van der Waals surface area contributed by atoms with Gasteiger partial charge in [0.25, 0.3) is 5.91 Å². The van der Waals surface area contributed by atoms with Crippen molar-refractivity contribution in [3.05, 3.63) is 31.9 Å². The summed E-state index contributed by atoms with van der Waals surface area (Å²) in [5.41, 5.74) is 0.594. The van der Waals surface area contributed by atoms with Crippen molar-refractivity contribution in [2.24, 2.45) is 0 Å². The largest absolute Gasteiger partial charge is 0.466 e. The third-order valence-electron chi connectivity index (χ3n) is 2.20. The van der Waals surface area contributed by atoms with Crippen molar-refractivity contribution in [2.75, 3.05) is 11.9 Å². The number of carbonyl (C=O) groups is 2. The third kappa shape index (κ3) is 4.12. The number of aromatic nitrogens is 1. The average molecular weight is 375 g/mol. The topological polar surface area (TPSA) is 68.3 Å². The van der Waals surface area contributed by atoms with Gasteiger partial charge in [0.1, 0.15) is 0 Å². The Labute approximate surface area is 132 Å².